The van der Waals surface area contributed by atoms with E-state index in [2.05, 4.69) is 10.6 Å². The van der Waals surface area contributed by atoms with Gasteiger partial charge in [0.15, 0.2) is 0 Å². The summed E-state index contributed by atoms with van der Waals surface area (Å²) >= 11 is 0. The molecule has 1 saturated heterocycles. The molecule has 1 aliphatic heterocycles. The van der Waals surface area contributed by atoms with Crippen molar-refractivity contribution >= 4 is 12.0 Å². The Morgan fingerprint density at radius 1 is 1.05 bits per heavy atom. The van der Waals surface area contributed by atoms with Crippen LogP contribution in [0, 0.1) is 11.8 Å². The molecule has 204 valence electrons. The SMILES string of the molecule is O=C(N[C@@H](Cc1ccccc1)[C@@H](O)C[C@@H](CC1CC1)C(=O)N[C@H]1c2ccccc2C[C@H]1O)O[C@H]1CCOC1. The molecule has 8 nitrogen and oxygen atoms in total. The highest BCUT2D eigenvalue weighted by Crippen LogP contribution is 2.38. The summed E-state index contributed by atoms with van der Waals surface area (Å²) in [7, 11) is 0. The first kappa shape index (κ1) is 26.7. The van der Waals surface area contributed by atoms with Gasteiger partial charge in [-0.15, -0.1) is 0 Å². The number of amides is 2. The van der Waals surface area contributed by atoms with Crippen molar-refractivity contribution in [3.63, 3.8) is 0 Å². The Kier molecular flexibility index (Phi) is 8.61. The number of aliphatic hydroxyl groups excluding tert-OH is 2. The first-order valence-electron chi connectivity index (χ1n) is 13.8. The molecule has 1 heterocycles. The summed E-state index contributed by atoms with van der Waals surface area (Å²) in [6.07, 6.45) is 2.09. The van der Waals surface area contributed by atoms with Crippen LogP contribution in [0.25, 0.3) is 0 Å². The number of nitrogens with one attached hydrogen (secondary N) is 2. The molecule has 0 aromatic heterocycles. The van der Waals surface area contributed by atoms with E-state index in [1.165, 1.54) is 0 Å². The van der Waals surface area contributed by atoms with Gasteiger partial charge in [-0.3, -0.25) is 4.79 Å². The Bertz CT molecular complexity index is 1090. The van der Waals surface area contributed by atoms with E-state index in [4.69, 9.17) is 9.47 Å². The van der Waals surface area contributed by atoms with E-state index in [-0.39, 0.29) is 18.4 Å². The molecule has 2 aromatic carbocycles. The fraction of sp³-hybridized carbons (Fsp3) is 0.533. The molecule has 2 fully saturated rings. The number of alkyl carbamates (subject to hydrolysis) is 1. The predicted octanol–water partition coefficient (Wildman–Crippen LogP) is 3.05. The maximum atomic E-state index is 13.5. The molecule has 5 rings (SSSR count). The maximum Gasteiger partial charge on any atom is 0.407 e. The summed E-state index contributed by atoms with van der Waals surface area (Å²) < 4.78 is 10.8. The van der Waals surface area contributed by atoms with Crippen molar-refractivity contribution in [2.24, 2.45) is 11.8 Å². The number of hydrogen-bond donors (Lipinski definition) is 4. The summed E-state index contributed by atoms with van der Waals surface area (Å²) in [4.78, 5) is 26.2. The number of carbonyl (C=O) groups excluding carboxylic acids is 2. The van der Waals surface area contributed by atoms with Crippen molar-refractivity contribution in [2.75, 3.05) is 13.2 Å². The van der Waals surface area contributed by atoms with Crippen molar-refractivity contribution in [1.82, 2.24) is 10.6 Å². The molecule has 1 saturated carbocycles. The van der Waals surface area contributed by atoms with Crippen LogP contribution in [0.5, 0.6) is 0 Å². The van der Waals surface area contributed by atoms with Crippen molar-refractivity contribution in [3.05, 3.63) is 71.3 Å². The number of rotatable bonds is 11. The summed E-state index contributed by atoms with van der Waals surface area (Å²) in [5, 5.41) is 28.0. The van der Waals surface area contributed by atoms with Crippen LogP contribution in [0.1, 0.15) is 54.8 Å². The lowest BCUT2D eigenvalue weighted by atomic mass is 9.89. The third-order valence-electron chi connectivity index (χ3n) is 7.94. The van der Waals surface area contributed by atoms with Crippen LogP contribution >= 0.6 is 0 Å². The van der Waals surface area contributed by atoms with E-state index >= 15 is 0 Å². The second-order valence-corrected chi connectivity index (χ2v) is 11.0. The minimum atomic E-state index is -0.960. The summed E-state index contributed by atoms with van der Waals surface area (Å²) in [6.45, 7) is 0.936. The van der Waals surface area contributed by atoms with Gasteiger partial charge in [-0.25, -0.2) is 4.79 Å². The molecule has 0 spiro atoms. The highest BCUT2D eigenvalue weighted by Gasteiger charge is 2.37. The molecule has 0 bridgehead atoms. The predicted molar refractivity (Wildman–Crippen MR) is 141 cm³/mol. The van der Waals surface area contributed by atoms with Gasteiger partial charge in [0, 0.05) is 18.8 Å². The van der Waals surface area contributed by atoms with Crippen LogP contribution in [0.2, 0.25) is 0 Å². The normalized spacial score (nSPS) is 24.7. The van der Waals surface area contributed by atoms with Crippen LogP contribution < -0.4 is 10.6 Å². The molecule has 6 atom stereocenters. The van der Waals surface area contributed by atoms with E-state index in [1.54, 1.807) is 0 Å². The van der Waals surface area contributed by atoms with Gasteiger partial charge in [0.05, 0.1) is 37.5 Å². The Morgan fingerprint density at radius 3 is 2.55 bits per heavy atom. The quantitative estimate of drug-likeness (QED) is 0.360. The van der Waals surface area contributed by atoms with E-state index in [0.29, 0.717) is 44.8 Å². The number of carbonyl (C=O) groups is 2. The third kappa shape index (κ3) is 6.92. The fourth-order valence-corrected chi connectivity index (χ4v) is 5.63. The molecular formula is C30H38N2O6. The van der Waals surface area contributed by atoms with E-state index < -0.39 is 36.3 Å². The molecular weight excluding hydrogens is 484 g/mol. The second-order valence-electron chi connectivity index (χ2n) is 11.0. The molecule has 2 amide bonds. The zero-order chi connectivity index (χ0) is 26.5. The molecule has 0 unspecified atom stereocenters. The van der Waals surface area contributed by atoms with E-state index in [0.717, 1.165) is 29.5 Å². The van der Waals surface area contributed by atoms with Crippen LogP contribution in [-0.2, 0) is 27.1 Å². The minimum absolute atomic E-state index is 0.166. The first-order valence-corrected chi connectivity index (χ1v) is 13.8. The van der Waals surface area contributed by atoms with Crippen molar-refractivity contribution in [1.29, 1.82) is 0 Å². The van der Waals surface area contributed by atoms with Gasteiger partial charge < -0.3 is 30.3 Å². The lowest BCUT2D eigenvalue weighted by Crippen LogP contribution is -2.48. The number of benzene rings is 2. The minimum Gasteiger partial charge on any atom is -0.444 e. The topological polar surface area (TPSA) is 117 Å². The Hall–Kier alpha value is -2.94. The van der Waals surface area contributed by atoms with E-state index in [9.17, 15) is 19.8 Å². The zero-order valence-electron chi connectivity index (χ0n) is 21.6. The molecule has 8 heteroatoms. The Balaban J connectivity index is 1.27. The van der Waals surface area contributed by atoms with E-state index in [1.807, 2.05) is 54.6 Å². The molecule has 38 heavy (non-hydrogen) atoms. The Labute approximate surface area is 223 Å². The van der Waals surface area contributed by atoms with Gasteiger partial charge >= 0.3 is 6.09 Å². The lowest BCUT2D eigenvalue weighted by molar-refractivity contribution is -0.128. The van der Waals surface area contributed by atoms with Crippen LogP contribution in [0.3, 0.4) is 0 Å². The number of fused-ring (bicyclic) bond motifs is 1. The summed E-state index contributed by atoms with van der Waals surface area (Å²) in [5.74, 6) is -0.135. The third-order valence-corrected chi connectivity index (χ3v) is 7.94. The number of ether oxygens (including phenoxy) is 2. The van der Waals surface area contributed by atoms with Gasteiger partial charge in [-0.05, 0) is 41.9 Å². The van der Waals surface area contributed by atoms with Crippen molar-refractivity contribution in [3.8, 4) is 0 Å². The van der Waals surface area contributed by atoms with Crippen LogP contribution in [0.4, 0.5) is 4.79 Å². The Morgan fingerprint density at radius 2 is 1.82 bits per heavy atom. The molecule has 2 aromatic rings. The van der Waals surface area contributed by atoms with Gasteiger partial charge in [0.2, 0.25) is 5.91 Å². The largest absolute Gasteiger partial charge is 0.444 e. The van der Waals surface area contributed by atoms with Gasteiger partial charge in [-0.1, -0.05) is 67.4 Å². The van der Waals surface area contributed by atoms with Crippen LogP contribution in [0.15, 0.2) is 54.6 Å². The smallest absolute Gasteiger partial charge is 0.407 e. The first-order chi connectivity index (χ1) is 18.5. The highest BCUT2D eigenvalue weighted by atomic mass is 16.6. The zero-order valence-corrected chi connectivity index (χ0v) is 21.6. The average molecular weight is 523 g/mol. The van der Waals surface area contributed by atoms with Gasteiger partial charge in [0.1, 0.15) is 6.10 Å². The molecule has 3 aliphatic rings. The van der Waals surface area contributed by atoms with Crippen molar-refractivity contribution < 1.29 is 29.3 Å². The number of aliphatic hydroxyl groups is 2. The van der Waals surface area contributed by atoms with Crippen molar-refractivity contribution in [2.45, 2.75) is 75.3 Å². The fourth-order valence-electron chi connectivity index (χ4n) is 5.63. The highest BCUT2D eigenvalue weighted by molar-refractivity contribution is 5.79. The number of hydrogen-bond acceptors (Lipinski definition) is 6. The monoisotopic (exact) mass is 522 g/mol. The standard InChI is InChI=1S/C30H38N2O6/c33-26(25(15-19-6-2-1-3-7-19)31-30(36)38-23-12-13-37-18-23)17-22(14-20-10-11-20)29(35)32-28-24-9-5-4-8-21(24)16-27(28)34/h1-9,20,22-23,25-28,33-34H,10-18H2,(H,31,36)(H,32,35)/t22-,23+,25+,26+,27-,28+/m1/s1. The van der Waals surface area contributed by atoms with Crippen LogP contribution in [-0.4, -0.2) is 59.8 Å². The van der Waals surface area contributed by atoms with Gasteiger partial charge in [0.25, 0.3) is 0 Å². The second kappa shape index (κ2) is 12.3. The molecule has 0 radical (unpaired) electrons. The summed E-state index contributed by atoms with van der Waals surface area (Å²) in [5.41, 5.74) is 2.96. The molecule has 4 N–H and O–H groups in total. The molecule has 2 aliphatic carbocycles. The average Bonchev–Trinajstić information content (AvgIpc) is 3.48. The lowest BCUT2D eigenvalue weighted by Gasteiger charge is -2.29. The van der Waals surface area contributed by atoms with Gasteiger partial charge in [-0.2, -0.15) is 0 Å². The maximum absolute atomic E-state index is 13.5. The summed E-state index contributed by atoms with van der Waals surface area (Å²) in [6, 6.07) is 16.3.